The lowest BCUT2D eigenvalue weighted by Gasteiger charge is -2.11. The Labute approximate surface area is 122 Å². The summed E-state index contributed by atoms with van der Waals surface area (Å²) in [6.07, 6.45) is -1.69. The predicted octanol–water partition coefficient (Wildman–Crippen LogP) is 1.10. The van der Waals surface area contributed by atoms with Crippen LogP contribution in [-0.4, -0.2) is 31.7 Å². The molecule has 1 rings (SSSR count). The molecule has 0 unspecified atom stereocenters. The molecule has 0 saturated heterocycles. The number of aliphatic carboxylic acids is 1. The first-order valence-electron chi connectivity index (χ1n) is 6.00. The van der Waals surface area contributed by atoms with E-state index in [1.54, 1.807) is 18.6 Å². The lowest BCUT2D eigenvalue weighted by Crippen LogP contribution is -2.36. The molecule has 0 saturated carbocycles. The van der Waals surface area contributed by atoms with Gasteiger partial charge >= 0.3 is 22.3 Å². The van der Waals surface area contributed by atoms with Gasteiger partial charge in [0.1, 0.15) is 0 Å². The highest BCUT2D eigenvalue weighted by molar-refractivity contribution is 7.91. The fraction of sp³-hybridized carbons (Fsp3) is 0.333. The van der Waals surface area contributed by atoms with Gasteiger partial charge in [-0.15, -0.1) is 0 Å². The fourth-order valence-corrected chi connectivity index (χ4v) is 2.16. The van der Waals surface area contributed by atoms with Gasteiger partial charge in [-0.05, 0) is 31.5 Å². The van der Waals surface area contributed by atoms with Crippen LogP contribution in [0.5, 0.6) is 0 Å². The number of hydrogen-bond acceptors (Lipinski definition) is 5. The Morgan fingerprint density at radius 1 is 1.24 bits per heavy atom. The average molecular weight is 316 g/mol. The van der Waals surface area contributed by atoms with Crippen LogP contribution in [0.25, 0.3) is 0 Å². The van der Waals surface area contributed by atoms with Gasteiger partial charge in [0.15, 0.2) is 0 Å². The zero-order valence-electron chi connectivity index (χ0n) is 11.5. The minimum Gasteiger partial charge on any atom is -0.481 e. The summed E-state index contributed by atoms with van der Waals surface area (Å²) in [6.45, 7) is 3.17. The van der Waals surface area contributed by atoms with E-state index in [-0.39, 0.29) is 12.1 Å². The zero-order chi connectivity index (χ0) is 16.0. The standard InChI is InChI=1S/C12H16N2O6S/c1-8(2)20-12(17)14-21(18,19)13-10-5-3-9(4-6-10)7-11(15)16/h3-6,8,13H,7H2,1-2H3,(H,14,17)(H,15,16). The Morgan fingerprint density at radius 2 is 1.81 bits per heavy atom. The quantitative estimate of drug-likeness (QED) is 0.722. The number of anilines is 1. The van der Waals surface area contributed by atoms with Crippen LogP contribution < -0.4 is 9.44 Å². The maximum absolute atomic E-state index is 11.6. The third kappa shape index (κ3) is 6.61. The van der Waals surface area contributed by atoms with Crippen LogP contribution >= 0.6 is 0 Å². The van der Waals surface area contributed by atoms with Crippen molar-refractivity contribution in [3.05, 3.63) is 29.8 Å². The molecule has 0 heterocycles. The summed E-state index contributed by atoms with van der Waals surface area (Å²) in [6, 6.07) is 5.73. The number of carbonyl (C=O) groups excluding carboxylic acids is 1. The molecule has 3 N–H and O–H groups in total. The largest absolute Gasteiger partial charge is 0.481 e. The van der Waals surface area contributed by atoms with Crippen molar-refractivity contribution in [1.82, 2.24) is 4.72 Å². The number of carboxylic acids is 1. The van der Waals surface area contributed by atoms with Gasteiger partial charge < -0.3 is 9.84 Å². The fourth-order valence-electron chi connectivity index (χ4n) is 1.39. The second kappa shape index (κ2) is 6.93. The Morgan fingerprint density at radius 3 is 2.29 bits per heavy atom. The topological polar surface area (TPSA) is 122 Å². The number of rotatable bonds is 6. The first-order valence-corrected chi connectivity index (χ1v) is 7.48. The molecule has 9 heteroatoms. The van der Waals surface area contributed by atoms with E-state index in [0.29, 0.717) is 5.56 Å². The summed E-state index contributed by atoms with van der Waals surface area (Å²) >= 11 is 0. The molecular formula is C12H16N2O6S. The number of ether oxygens (including phenoxy) is 1. The zero-order valence-corrected chi connectivity index (χ0v) is 12.3. The Kier molecular flexibility index (Phi) is 5.53. The van der Waals surface area contributed by atoms with Gasteiger partial charge in [-0.25, -0.2) is 9.52 Å². The maximum atomic E-state index is 11.6. The summed E-state index contributed by atoms with van der Waals surface area (Å²) < 4.78 is 31.7. The molecule has 21 heavy (non-hydrogen) atoms. The van der Waals surface area contributed by atoms with Gasteiger partial charge in [0.25, 0.3) is 0 Å². The molecule has 0 fully saturated rings. The molecule has 0 aliphatic rings. The molecule has 0 bridgehead atoms. The molecule has 0 aliphatic carbocycles. The van der Waals surface area contributed by atoms with Gasteiger partial charge in [0, 0.05) is 0 Å². The van der Waals surface area contributed by atoms with Crippen LogP contribution in [0.3, 0.4) is 0 Å². The highest BCUT2D eigenvalue weighted by Crippen LogP contribution is 2.11. The second-order valence-corrected chi connectivity index (χ2v) is 5.84. The summed E-state index contributed by atoms with van der Waals surface area (Å²) in [5.74, 6) is -0.985. The first-order chi connectivity index (χ1) is 9.68. The van der Waals surface area contributed by atoms with E-state index in [9.17, 15) is 18.0 Å². The molecule has 0 aliphatic heterocycles. The van der Waals surface area contributed by atoms with Crippen LogP contribution in [0.2, 0.25) is 0 Å². The van der Waals surface area contributed by atoms with Crippen LogP contribution in [0.15, 0.2) is 24.3 Å². The lowest BCUT2D eigenvalue weighted by molar-refractivity contribution is -0.136. The summed E-state index contributed by atoms with van der Waals surface area (Å²) in [7, 11) is -4.11. The maximum Gasteiger partial charge on any atom is 0.422 e. The molecule has 0 spiro atoms. The average Bonchev–Trinajstić information content (AvgIpc) is 2.28. The van der Waals surface area contributed by atoms with Crippen molar-refractivity contribution in [2.45, 2.75) is 26.4 Å². The minimum atomic E-state index is -4.11. The number of benzene rings is 1. The molecule has 1 aromatic carbocycles. The van der Waals surface area contributed by atoms with Crippen molar-refractivity contribution in [3.63, 3.8) is 0 Å². The van der Waals surface area contributed by atoms with Crippen LogP contribution in [-0.2, 0) is 26.2 Å². The van der Waals surface area contributed by atoms with Crippen LogP contribution in [0.1, 0.15) is 19.4 Å². The molecule has 8 nitrogen and oxygen atoms in total. The molecule has 116 valence electrons. The smallest absolute Gasteiger partial charge is 0.422 e. The Bertz CT molecular complexity index is 609. The highest BCUT2D eigenvalue weighted by Gasteiger charge is 2.16. The SMILES string of the molecule is CC(C)OC(=O)NS(=O)(=O)Nc1ccc(CC(=O)O)cc1. The molecule has 0 atom stereocenters. The summed E-state index contributed by atoms with van der Waals surface area (Å²) in [4.78, 5) is 21.7. The van der Waals surface area contributed by atoms with E-state index in [1.807, 2.05) is 0 Å². The minimum absolute atomic E-state index is 0.161. The molecule has 1 amide bonds. The molecule has 1 aromatic rings. The van der Waals surface area contributed by atoms with Crippen molar-refractivity contribution < 1.29 is 27.9 Å². The molecule has 0 radical (unpaired) electrons. The number of carbonyl (C=O) groups is 2. The first kappa shape index (κ1) is 16.8. The van der Waals surface area contributed by atoms with E-state index in [4.69, 9.17) is 5.11 Å². The number of carboxylic acid groups (broad SMARTS) is 1. The highest BCUT2D eigenvalue weighted by atomic mass is 32.2. The Hall–Kier alpha value is -2.29. The normalized spacial score (nSPS) is 11.0. The van der Waals surface area contributed by atoms with Crippen molar-refractivity contribution >= 4 is 28.0 Å². The van der Waals surface area contributed by atoms with E-state index >= 15 is 0 Å². The third-order valence-corrected chi connectivity index (χ3v) is 3.06. The number of amides is 1. The van der Waals surface area contributed by atoms with Crippen LogP contribution in [0, 0.1) is 0 Å². The monoisotopic (exact) mass is 316 g/mol. The second-order valence-electron chi connectivity index (χ2n) is 4.43. The van der Waals surface area contributed by atoms with Gasteiger partial charge in [-0.2, -0.15) is 8.42 Å². The third-order valence-electron chi connectivity index (χ3n) is 2.12. The number of nitrogens with one attached hydrogen (secondary N) is 2. The van der Waals surface area contributed by atoms with E-state index in [1.165, 1.54) is 24.3 Å². The van der Waals surface area contributed by atoms with Crippen LogP contribution in [0.4, 0.5) is 10.5 Å². The van der Waals surface area contributed by atoms with E-state index in [0.717, 1.165) is 0 Å². The van der Waals surface area contributed by atoms with Crippen molar-refractivity contribution in [1.29, 1.82) is 0 Å². The van der Waals surface area contributed by atoms with Crippen molar-refractivity contribution in [3.8, 4) is 0 Å². The van der Waals surface area contributed by atoms with Gasteiger partial charge in [-0.3, -0.25) is 9.52 Å². The Balaban J connectivity index is 2.67. The van der Waals surface area contributed by atoms with Gasteiger partial charge in [0.05, 0.1) is 18.2 Å². The van der Waals surface area contributed by atoms with Gasteiger partial charge in [0.2, 0.25) is 0 Å². The van der Waals surface area contributed by atoms with E-state index < -0.39 is 28.4 Å². The number of hydrogen-bond donors (Lipinski definition) is 3. The predicted molar refractivity (Wildman–Crippen MR) is 75.1 cm³/mol. The van der Waals surface area contributed by atoms with Gasteiger partial charge in [-0.1, -0.05) is 12.1 Å². The lowest BCUT2D eigenvalue weighted by atomic mass is 10.1. The molecule has 0 aromatic heterocycles. The van der Waals surface area contributed by atoms with Crippen molar-refractivity contribution in [2.24, 2.45) is 0 Å². The van der Waals surface area contributed by atoms with E-state index in [2.05, 4.69) is 9.46 Å². The summed E-state index contributed by atoms with van der Waals surface area (Å²) in [5, 5.41) is 8.62. The van der Waals surface area contributed by atoms with Crippen molar-refractivity contribution in [2.75, 3.05) is 4.72 Å². The molecular weight excluding hydrogens is 300 g/mol. The summed E-state index contributed by atoms with van der Waals surface area (Å²) in [5.41, 5.74) is 0.714.